The van der Waals surface area contributed by atoms with Gasteiger partial charge in [-0.25, -0.2) is 15.0 Å². The Bertz CT molecular complexity index is 779. The molecule has 0 radical (unpaired) electrons. The highest BCUT2D eigenvalue weighted by Crippen LogP contribution is 2.38. The van der Waals surface area contributed by atoms with Crippen molar-refractivity contribution < 1.29 is 15.3 Å². The summed E-state index contributed by atoms with van der Waals surface area (Å²) < 4.78 is 1.77. The van der Waals surface area contributed by atoms with Crippen molar-refractivity contribution in [2.45, 2.75) is 67.2 Å². The molecule has 2 fully saturated rings. The quantitative estimate of drug-likeness (QED) is 0.581. The smallest absolute Gasteiger partial charge is 0.191 e. The summed E-state index contributed by atoms with van der Waals surface area (Å²) in [5.74, 6) is -0.0264. The van der Waals surface area contributed by atoms with E-state index in [1.54, 1.807) is 22.7 Å². The van der Waals surface area contributed by atoms with Gasteiger partial charge in [-0.3, -0.25) is 0 Å². The number of nitrogen functional groups attached to an aromatic ring is 1. The Morgan fingerprint density at radius 3 is 2.62 bits per heavy atom. The van der Waals surface area contributed by atoms with E-state index >= 15 is 0 Å². The number of thioether (sulfide) groups is 1. The van der Waals surface area contributed by atoms with E-state index in [1.165, 1.54) is 19.3 Å². The number of aliphatic hydroxyl groups is 3. The number of aliphatic hydroxyl groups excluding tert-OH is 3. The molecule has 2 saturated carbocycles. The van der Waals surface area contributed by atoms with Gasteiger partial charge in [-0.15, -0.1) is 0 Å². The Hall–Kier alpha value is -1.42. The number of hydrogen-bond donors (Lipinski definition) is 4. The van der Waals surface area contributed by atoms with Gasteiger partial charge in [0.25, 0.3) is 0 Å². The lowest BCUT2D eigenvalue weighted by atomic mass is 10.0. The van der Waals surface area contributed by atoms with Gasteiger partial charge in [0, 0.05) is 17.8 Å². The van der Waals surface area contributed by atoms with Crippen LogP contribution in [0.25, 0.3) is 11.2 Å². The molecule has 8 nitrogen and oxygen atoms in total. The van der Waals surface area contributed by atoms with Crippen molar-refractivity contribution in [1.82, 2.24) is 19.5 Å². The van der Waals surface area contributed by atoms with Crippen molar-refractivity contribution >= 4 is 28.7 Å². The SMILES string of the molecule is Nc1nc(SC2CCCCC2)nc2c1ncn2C1CC(CO)C(O)C1O. The minimum absolute atomic E-state index is 0.165. The summed E-state index contributed by atoms with van der Waals surface area (Å²) in [7, 11) is 0. The highest BCUT2D eigenvalue weighted by Gasteiger charge is 2.42. The van der Waals surface area contributed by atoms with Crippen LogP contribution in [-0.2, 0) is 0 Å². The molecule has 5 N–H and O–H groups in total. The van der Waals surface area contributed by atoms with Crippen LogP contribution in [0.5, 0.6) is 0 Å². The van der Waals surface area contributed by atoms with Crippen molar-refractivity contribution in [3.05, 3.63) is 6.33 Å². The second-order valence-electron chi connectivity index (χ2n) is 7.32. The van der Waals surface area contributed by atoms with Gasteiger partial charge in [0.1, 0.15) is 11.6 Å². The molecule has 2 aliphatic carbocycles. The summed E-state index contributed by atoms with van der Waals surface area (Å²) >= 11 is 1.66. The highest BCUT2D eigenvalue weighted by molar-refractivity contribution is 7.99. The molecule has 0 spiro atoms. The van der Waals surface area contributed by atoms with Crippen LogP contribution in [0, 0.1) is 5.92 Å². The molecule has 9 heteroatoms. The molecule has 0 bridgehead atoms. The lowest BCUT2D eigenvalue weighted by molar-refractivity contribution is -0.00371. The van der Waals surface area contributed by atoms with E-state index in [1.807, 2.05) is 0 Å². The number of nitrogens with zero attached hydrogens (tertiary/aromatic N) is 4. The van der Waals surface area contributed by atoms with Gasteiger partial charge in [0.05, 0.1) is 18.5 Å². The Morgan fingerprint density at radius 2 is 1.92 bits per heavy atom. The Balaban J connectivity index is 1.66. The second-order valence-corrected chi connectivity index (χ2v) is 8.59. The molecule has 142 valence electrons. The number of hydrogen-bond acceptors (Lipinski definition) is 8. The van der Waals surface area contributed by atoms with Crippen LogP contribution in [0.4, 0.5) is 5.82 Å². The van der Waals surface area contributed by atoms with E-state index in [0.29, 0.717) is 33.8 Å². The zero-order valence-corrected chi connectivity index (χ0v) is 15.3. The molecule has 0 amide bonds. The van der Waals surface area contributed by atoms with E-state index in [9.17, 15) is 15.3 Å². The van der Waals surface area contributed by atoms with Crippen molar-refractivity contribution in [3.63, 3.8) is 0 Å². The largest absolute Gasteiger partial charge is 0.396 e. The summed E-state index contributed by atoms with van der Waals surface area (Å²) in [6, 6.07) is -0.394. The Labute approximate surface area is 155 Å². The zero-order chi connectivity index (χ0) is 18.3. The summed E-state index contributed by atoms with van der Waals surface area (Å²) in [6.45, 7) is -0.165. The molecule has 4 unspecified atom stereocenters. The molecular formula is C17H25N5O3S. The van der Waals surface area contributed by atoms with Crippen LogP contribution in [0.2, 0.25) is 0 Å². The number of imidazole rings is 1. The molecule has 26 heavy (non-hydrogen) atoms. The Morgan fingerprint density at radius 1 is 1.15 bits per heavy atom. The molecule has 0 saturated heterocycles. The predicted molar refractivity (Wildman–Crippen MR) is 98.7 cm³/mol. The average molecular weight is 379 g/mol. The predicted octanol–water partition coefficient (Wildman–Crippen LogP) is 1.11. The van der Waals surface area contributed by atoms with Crippen molar-refractivity contribution in [2.24, 2.45) is 5.92 Å². The third-order valence-corrected chi connectivity index (χ3v) is 6.81. The van der Waals surface area contributed by atoms with E-state index in [-0.39, 0.29) is 12.5 Å². The second kappa shape index (κ2) is 7.30. The maximum Gasteiger partial charge on any atom is 0.191 e. The van der Waals surface area contributed by atoms with Gasteiger partial charge in [-0.2, -0.15) is 0 Å². The minimum Gasteiger partial charge on any atom is -0.396 e. The minimum atomic E-state index is -0.977. The molecule has 0 aromatic carbocycles. The van der Waals surface area contributed by atoms with Gasteiger partial charge >= 0.3 is 0 Å². The molecule has 2 aromatic rings. The summed E-state index contributed by atoms with van der Waals surface area (Å²) in [5, 5.41) is 31.1. The van der Waals surface area contributed by atoms with E-state index in [2.05, 4.69) is 15.0 Å². The number of nitrogens with two attached hydrogens (primary N) is 1. The van der Waals surface area contributed by atoms with Crippen LogP contribution < -0.4 is 5.73 Å². The standard InChI is InChI=1S/C17H25N5O3S/c18-15-12-16(21-17(20-15)26-10-4-2-1-3-5-10)22(8-19-12)11-6-9(7-23)13(24)14(11)25/h8-11,13-14,23-25H,1-7H2,(H2,18,20,21). The zero-order valence-electron chi connectivity index (χ0n) is 14.5. The molecule has 0 aliphatic heterocycles. The molecule has 2 heterocycles. The maximum atomic E-state index is 10.4. The first-order valence-corrected chi connectivity index (χ1v) is 10.1. The van der Waals surface area contributed by atoms with Gasteiger partial charge in [-0.05, 0) is 19.3 Å². The van der Waals surface area contributed by atoms with Crippen molar-refractivity contribution in [3.8, 4) is 0 Å². The van der Waals surface area contributed by atoms with Gasteiger partial charge in [0.15, 0.2) is 16.6 Å². The molecule has 4 rings (SSSR count). The third-order valence-electron chi connectivity index (χ3n) is 5.62. The lowest BCUT2D eigenvalue weighted by Crippen LogP contribution is -2.30. The fourth-order valence-corrected chi connectivity index (χ4v) is 5.26. The normalized spacial score (nSPS) is 30.3. The maximum absolute atomic E-state index is 10.4. The third kappa shape index (κ3) is 3.17. The Kier molecular flexibility index (Phi) is 5.05. The van der Waals surface area contributed by atoms with Crippen LogP contribution in [0.15, 0.2) is 11.5 Å². The fourth-order valence-electron chi connectivity index (χ4n) is 4.10. The summed E-state index contributed by atoms with van der Waals surface area (Å²) in [4.78, 5) is 13.4. The summed E-state index contributed by atoms with van der Waals surface area (Å²) in [5.41, 5.74) is 7.18. The van der Waals surface area contributed by atoms with Crippen molar-refractivity contribution in [2.75, 3.05) is 12.3 Å². The first-order valence-electron chi connectivity index (χ1n) is 9.22. The first kappa shape index (κ1) is 18.0. The number of fused-ring (bicyclic) bond motifs is 1. The number of rotatable bonds is 4. The molecular weight excluding hydrogens is 354 g/mol. The molecule has 2 aliphatic rings. The van der Waals surface area contributed by atoms with E-state index in [4.69, 9.17) is 5.73 Å². The fraction of sp³-hybridized carbons (Fsp3) is 0.706. The van der Waals surface area contributed by atoms with Gasteiger partial charge in [0.2, 0.25) is 0 Å². The van der Waals surface area contributed by atoms with Crippen LogP contribution in [-0.4, -0.2) is 58.9 Å². The van der Waals surface area contributed by atoms with Crippen LogP contribution >= 0.6 is 11.8 Å². The number of anilines is 1. The summed E-state index contributed by atoms with van der Waals surface area (Å²) in [6.07, 6.45) is 6.20. The average Bonchev–Trinajstić information content (AvgIpc) is 3.18. The van der Waals surface area contributed by atoms with Gasteiger partial charge < -0.3 is 25.6 Å². The van der Waals surface area contributed by atoms with Crippen LogP contribution in [0.3, 0.4) is 0 Å². The highest BCUT2D eigenvalue weighted by atomic mass is 32.2. The van der Waals surface area contributed by atoms with Crippen LogP contribution in [0.1, 0.15) is 44.6 Å². The molecule has 4 atom stereocenters. The monoisotopic (exact) mass is 379 g/mol. The van der Waals surface area contributed by atoms with E-state index < -0.39 is 18.2 Å². The van der Waals surface area contributed by atoms with Crippen molar-refractivity contribution in [1.29, 1.82) is 0 Å². The molecule has 2 aromatic heterocycles. The van der Waals surface area contributed by atoms with E-state index in [0.717, 1.165) is 12.8 Å². The first-order chi connectivity index (χ1) is 12.6. The van der Waals surface area contributed by atoms with Gasteiger partial charge in [-0.1, -0.05) is 31.0 Å². The number of aromatic nitrogens is 4. The lowest BCUT2D eigenvalue weighted by Gasteiger charge is -2.20. The topological polar surface area (TPSA) is 130 Å².